The average Bonchev–Trinajstić information content (AvgIpc) is 2.59. The minimum absolute atomic E-state index is 0.268. The molecule has 1 saturated carbocycles. The van der Waals surface area contributed by atoms with Crippen molar-refractivity contribution in [2.75, 3.05) is 6.61 Å². The standard InChI is InChI=1S/C15H19F6NO7S/c1-9(16)11(23)29-14(15(19,20)21,12(24)22-10-5-3-2-4-6-10)28-8-7-13(17,18)30(25,26)27/h10H,1-8H2,(H,22,24)(H,25,26,27). The minimum atomic E-state index is -6.01. The zero-order valence-corrected chi connectivity index (χ0v) is 16.1. The minimum Gasteiger partial charge on any atom is -0.410 e. The van der Waals surface area contributed by atoms with Crippen LogP contribution in [-0.2, 0) is 29.2 Å². The van der Waals surface area contributed by atoms with Gasteiger partial charge in [0.05, 0.1) is 13.0 Å². The topological polar surface area (TPSA) is 119 Å². The Kier molecular flexibility index (Phi) is 8.30. The monoisotopic (exact) mass is 471 g/mol. The van der Waals surface area contributed by atoms with Crippen LogP contribution in [0.1, 0.15) is 38.5 Å². The van der Waals surface area contributed by atoms with Crippen LogP contribution in [0.5, 0.6) is 0 Å². The Balaban J connectivity index is 3.20. The molecule has 0 heterocycles. The Morgan fingerprint density at radius 3 is 2.07 bits per heavy atom. The number of hydrogen-bond donors (Lipinski definition) is 2. The summed E-state index contributed by atoms with van der Waals surface area (Å²) in [4.78, 5) is 23.7. The molecular weight excluding hydrogens is 452 g/mol. The summed E-state index contributed by atoms with van der Waals surface area (Å²) in [6.45, 7) is 0.597. The number of rotatable bonds is 9. The quantitative estimate of drug-likeness (QED) is 0.174. The first-order valence-corrected chi connectivity index (χ1v) is 9.92. The van der Waals surface area contributed by atoms with Gasteiger partial charge in [-0.1, -0.05) is 25.8 Å². The van der Waals surface area contributed by atoms with Gasteiger partial charge in [0.15, 0.2) is 0 Å². The second-order valence-corrected chi connectivity index (χ2v) is 7.98. The first kappa shape index (κ1) is 26.2. The summed E-state index contributed by atoms with van der Waals surface area (Å²) < 4.78 is 118. The second-order valence-electron chi connectivity index (χ2n) is 6.43. The van der Waals surface area contributed by atoms with Crippen LogP contribution >= 0.6 is 0 Å². The number of hydrogen-bond acceptors (Lipinski definition) is 6. The lowest BCUT2D eigenvalue weighted by atomic mass is 9.95. The van der Waals surface area contributed by atoms with Crippen molar-refractivity contribution >= 4 is 22.0 Å². The molecule has 1 unspecified atom stereocenters. The molecule has 0 aliphatic heterocycles. The van der Waals surface area contributed by atoms with E-state index in [2.05, 4.69) is 16.1 Å². The fourth-order valence-corrected chi connectivity index (χ4v) is 2.91. The lowest BCUT2D eigenvalue weighted by Crippen LogP contribution is -2.63. The number of carbonyl (C=O) groups excluding carboxylic acids is 2. The largest absolute Gasteiger partial charge is 0.466 e. The highest BCUT2D eigenvalue weighted by Crippen LogP contribution is 2.38. The fourth-order valence-electron chi connectivity index (χ4n) is 2.57. The molecular formula is C15H19F6NO7S. The number of nitrogens with one attached hydrogen (secondary N) is 1. The zero-order valence-electron chi connectivity index (χ0n) is 15.3. The maximum absolute atomic E-state index is 13.7. The van der Waals surface area contributed by atoms with Crippen LogP contribution in [0.4, 0.5) is 26.3 Å². The van der Waals surface area contributed by atoms with E-state index in [1.165, 1.54) is 0 Å². The molecule has 0 saturated heterocycles. The van der Waals surface area contributed by atoms with Gasteiger partial charge in [0.1, 0.15) is 0 Å². The molecule has 0 bridgehead atoms. The van der Waals surface area contributed by atoms with Crippen LogP contribution in [0.15, 0.2) is 12.4 Å². The van der Waals surface area contributed by atoms with Crippen LogP contribution in [0, 0.1) is 0 Å². The lowest BCUT2D eigenvalue weighted by Gasteiger charge is -2.35. The second kappa shape index (κ2) is 9.51. The Hall–Kier alpha value is -1.87. The van der Waals surface area contributed by atoms with Crippen LogP contribution in [0.25, 0.3) is 0 Å². The molecule has 0 spiro atoms. The smallest absolute Gasteiger partial charge is 0.410 e. The van der Waals surface area contributed by atoms with Crippen molar-refractivity contribution in [1.82, 2.24) is 5.32 Å². The SMILES string of the molecule is C=C(F)C(=O)OC(OCCC(F)(F)S(=O)(=O)O)(C(=O)NC1CCCCC1)C(F)(F)F. The van der Waals surface area contributed by atoms with E-state index >= 15 is 0 Å². The Bertz CT molecular complexity index is 764. The first-order chi connectivity index (χ1) is 13.5. The van der Waals surface area contributed by atoms with Crippen LogP contribution in [0.2, 0.25) is 0 Å². The molecule has 1 fully saturated rings. The number of ether oxygens (including phenoxy) is 2. The molecule has 0 radical (unpaired) electrons. The Labute approximate surface area is 167 Å². The third-order valence-electron chi connectivity index (χ3n) is 4.15. The van der Waals surface area contributed by atoms with E-state index < -0.39 is 64.1 Å². The molecule has 1 amide bonds. The number of alkyl halides is 5. The summed E-state index contributed by atoms with van der Waals surface area (Å²) in [6.07, 6.45) is -5.50. The number of carbonyl (C=O) groups is 2. The Morgan fingerprint density at radius 2 is 1.63 bits per heavy atom. The highest BCUT2D eigenvalue weighted by molar-refractivity contribution is 7.86. The van der Waals surface area contributed by atoms with Crippen LogP contribution in [0.3, 0.4) is 0 Å². The van der Waals surface area contributed by atoms with Gasteiger partial charge in [-0.15, -0.1) is 0 Å². The van der Waals surface area contributed by atoms with E-state index in [0.717, 1.165) is 6.42 Å². The fraction of sp³-hybridized carbons (Fsp3) is 0.733. The molecule has 1 aliphatic rings. The van der Waals surface area contributed by atoms with Crippen molar-refractivity contribution in [3.05, 3.63) is 12.4 Å². The highest BCUT2D eigenvalue weighted by atomic mass is 32.2. The van der Waals surface area contributed by atoms with E-state index in [1.807, 2.05) is 5.32 Å². The zero-order chi connectivity index (χ0) is 23.4. The molecule has 2 N–H and O–H groups in total. The first-order valence-electron chi connectivity index (χ1n) is 8.48. The summed E-state index contributed by atoms with van der Waals surface area (Å²) in [6, 6.07) is -0.789. The van der Waals surface area contributed by atoms with Gasteiger partial charge in [-0.25, -0.2) is 4.79 Å². The normalized spacial score (nSPS) is 18.4. The molecule has 15 heteroatoms. The molecule has 0 aromatic carbocycles. The maximum Gasteiger partial charge on any atom is 0.466 e. The van der Waals surface area contributed by atoms with E-state index in [9.17, 15) is 44.3 Å². The summed E-state index contributed by atoms with van der Waals surface area (Å²) in [5, 5.41) is -3.01. The van der Waals surface area contributed by atoms with Crippen LogP contribution < -0.4 is 5.32 Å². The maximum atomic E-state index is 13.7. The average molecular weight is 471 g/mol. The third-order valence-corrected chi connectivity index (χ3v) is 5.11. The number of amides is 1. The van der Waals surface area contributed by atoms with Crippen molar-refractivity contribution in [3.63, 3.8) is 0 Å². The van der Waals surface area contributed by atoms with Gasteiger partial charge in [-0.05, 0) is 12.8 Å². The summed E-state index contributed by atoms with van der Waals surface area (Å²) in [7, 11) is -6.01. The van der Waals surface area contributed by atoms with Gasteiger partial charge in [0.2, 0.25) is 5.83 Å². The number of halogens is 6. The van der Waals surface area contributed by atoms with E-state index in [4.69, 9.17) is 4.55 Å². The molecule has 1 aliphatic carbocycles. The van der Waals surface area contributed by atoms with Gasteiger partial charge >= 0.3 is 39.2 Å². The summed E-state index contributed by atoms with van der Waals surface area (Å²) >= 11 is 0. The molecule has 0 aromatic heterocycles. The van der Waals surface area contributed by atoms with E-state index in [-0.39, 0.29) is 12.8 Å². The van der Waals surface area contributed by atoms with Crippen molar-refractivity contribution in [2.45, 2.75) is 61.8 Å². The molecule has 1 atom stereocenters. The van der Waals surface area contributed by atoms with Gasteiger partial charge in [-0.3, -0.25) is 9.35 Å². The van der Waals surface area contributed by atoms with E-state index in [1.54, 1.807) is 0 Å². The van der Waals surface area contributed by atoms with Crippen molar-refractivity contribution in [3.8, 4) is 0 Å². The van der Waals surface area contributed by atoms with Crippen molar-refractivity contribution in [1.29, 1.82) is 0 Å². The third kappa shape index (κ3) is 6.31. The van der Waals surface area contributed by atoms with Crippen molar-refractivity contribution in [2.24, 2.45) is 0 Å². The van der Waals surface area contributed by atoms with Gasteiger partial charge in [0, 0.05) is 6.04 Å². The molecule has 0 aromatic rings. The predicted octanol–water partition coefficient (Wildman–Crippen LogP) is 2.61. The summed E-state index contributed by atoms with van der Waals surface area (Å²) in [5.74, 6) is -11.1. The highest BCUT2D eigenvalue weighted by Gasteiger charge is 2.67. The lowest BCUT2D eigenvalue weighted by molar-refractivity contribution is -0.348. The molecule has 30 heavy (non-hydrogen) atoms. The molecule has 8 nitrogen and oxygen atoms in total. The summed E-state index contributed by atoms with van der Waals surface area (Å²) in [5.41, 5.74) is 0. The predicted molar refractivity (Wildman–Crippen MR) is 87.2 cm³/mol. The van der Waals surface area contributed by atoms with Gasteiger partial charge < -0.3 is 14.8 Å². The molecule has 174 valence electrons. The van der Waals surface area contributed by atoms with E-state index in [0.29, 0.717) is 12.8 Å². The Morgan fingerprint density at radius 1 is 1.10 bits per heavy atom. The molecule has 1 rings (SSSR count). The van der Waals surface area contributed by atoms with Gasteiger partial charge in [-0.2, -0.15) is 34.8 Å². The van der Waals surface area contributed by atoms with Crippen molar-refractivity contribution < 1.29 is 58.4 Å². The number of esters is 1. The van der Waals surface area contributed by atoms with Crippen LogP contribution in [-0.4, -0.2) is 54.7 Å². The van der Waals surface area contributed by atoms with Gasteiger partial charge in [0.25, 0.3) is 0 Å².